The lowest BCUT2D eigenvalue weighted by Crippen LogP contribution is -1.93. The van der Waals surface area contributed by atoms with Gasteiger partial charge in [-0.1, -0.05) is 34.8 Å². The zero-order valence-electron chi connectivity index (χ0n) is 9.71. The van der Waals surface area contributed by atoms with Crippen LogP contribution in [-0.4, -0.2) is 12.0 Å². The quantitative estimate of drug-likeness (QED) is 0.602. The molecule has 0 aliphatic rings. The number of pyridine rings is 1. The van der Waals surface area contributed by atoms with Gasteiger partial charge in [0.05, 0.1) is 9.13 Å². The average molecular weight is 330 g/mol. The van der Waals surface area contributed by atoms with Gasteiger partial charge in [-0.3, -0.25) is 0 Å². The summed E-state index contributed by atoms with van der Waals surface area (Å²) in [7, 11) is -2.79. The molecule has 15 heavy (non-hydrogen) atoms. The molecule has 0 aliphatic heterocycles. The molecule has 84 valence electrons. The van der Waals surface area contributed by atoms with E-state index in [0.29, 0.717) is 0 Å². The Kier molecular flexibility index (Phi) is 3.48. The Morgan fingerprint density at radius 2 is 2.13 bits per heavy atom. The number of rotatable bonds is 3. The van der Waals surface area contributed by atoms with E-state index in [-0.39, 0.29) is 21.1 Å². The fourth-order valence-electron chi connectivity index (χ4n) is 0.614. The van der Waals surface area contributed by atoms with Crippen molar-refractivity contribution in [3.05, 3.63) is 21.3 Å². The zero-order chi connectivity index (χ0) is 14.1. The molecule has 9 heteroatoms. The van der Waals surface area contributed by atoms with Crippen molar-refractivity contribution < 1.29 is 13.2 Å². The van der Waals surface area contributed by atoms with Crippen molar-refractivity contribution in [3.8, 4) is 5.88 Å². The molecular formula is C6H4Cl4NO2PS. The standard InChI is InChI=1S/C6H4Cl4NO2PS/c1-12-14(10,15)13-6-4(8)2-3(7)5(9)11-6/h2H,1H3/i1D3. The predicted octanol–water partition coefficient (Wildman–Crippen LogP) is 4.53. The molecule has 0 fully saturated rings. The van der Waals surface area contributed by atoms with Crippen molar-refractivity contribution in [2.45, 2.75) is 0 Å². The molecule has 1 heterocycles. The summed E-state index contributed by atoms with van der Waals surface area (Å²) in [6.07, 6.45) is 0. The van der Waals surface area contributed by atoms with E-state index in [4.69, 9.17) is 66.5 Å². The van der Waals surface area contributed by atoms with Gasteiger partial charge in [-0.05, 0) is 29.1 Å². The SMILES string of the molecule is [2H]C([2H])([2H])OP(=S)(Cl)Oc1nc(Cl)c(Cl)cc1Cl. The Labute approximate surface area is 116 Å². The first kappa shape index (κ1) is 9.72. The van der Waals surface area contributed by atoms with Crippen molar-refractivity contribution in [2.24, 2.45) is 0 Å². The smallest absolute Gasteiger partial charge is 0.333 e. The highest BCUT2D eigenvalue weighted by atomic mass is 35.7. The summed E-state index contributed by atoms with van der Waals surface area (Å²) in [4.78, 5) is 3.68. The van der Waals surface area contributed by atoms with E-state index < -0.39 is 12.9 Å². The first-order valence-corrected chi connectivity index (χ1v) is 7.89. The Hall–Kier alpha value is 0.720. The van der Waals surface area contributed by atoms with Gasteiger partial charge in [-0.2, -0.15) is 4.98 Å². The van der Waals surface area contributed by atoms with E-state index in [1.54, 1.807) is 0 Å². The fourth-order valence-corrected chi connectivity index (χ4v) is 1.99. The van der Waals surface area contributed by atoms with Crippen LogP contribution in [-0.2, 0) is 16.3 Å². The van der Waals surface area contributed by atoms with Crippen molar-refractivity contribution in [1.82, 2.24) is 4.98 Å². The highest BCUT2D eigenvalue weighted by Gasteiger charge is 2.19. The lowest BCUT2D eigenvalue weighted by Gasteiger charge is -2.13. The lowest BCUT2D eigenvalue weighted by atomic mass is 10.5. The summed E-state index contributed by atoms with van der Waals surface area (Å²) in [6.45, 7) is 0. The number of nitrogens with zero attached hydrogens (tertiary/aromatic N) is 1. The summed E-state index contributed by atoms with van der Waals surface area (Å²) in [5.41, 5.74) is 0. The van der Waals surface area contributed by atoms with Crippen LogP contribution >= 0.6 is 51.9 Å². The van der Waals surface area contributed by atoms with E-state index in [2.05, 4.69) is 9.51 Å². The molecule has 0 saturated carbocycles. The largest absolute Gasteiger partial charge is 0.413 e. The highest BCUT2D eigenvalue weighted by molar-refractivity contribution is 8.22. The Balaban J connectivity index is 2.98. The van der Waals surface area contributed by atoms with Gasteiger partial charge in [0.1, 0.15) is 5.02 Å². The van der Waals surface area contributed by atoms with Gasteiger partial charge in [0, 0.05) is 7.04 Å². The van der Waals surface area contributed by atoms with Crippen molar-refractivity contribution in [2.75, 3.05) is 7.04 Å². The van der Waals surface area contributed by atoms with Crippen LogP contribution in [0.5, 0.6) is 5.88 Å². The number of halogens is 4. The third-order valence-corrected chi connectivity index (χ3v) is 3.57. The summed E-state index contributed by atoms with van der Waals surface area (Å²) in [5.74, 6) is -3.85. The molecule has 0 aliphatic carbocycles. The van der Waals surface area contributed by atoms with Gasteiger partial charge < -0.3 is 9.05 Å². The third-order valence-electron chi connectivity index (χ3n) is 1.16. The Morgan fingerprint density at radius 1 is 1.47 bits per heavy atom. The van der Waals surface area contributed by atoms with Crippen LogP contribution in [0.15, 0.2) is 6.07 Å². The molecule has 0 radical (unpaired) electrons. The molecule has 0 N–H and O–H groups in total. The maximum Gasteiger partial charge on any atom is 0.333 e. The van der Waals surface area contributed by atoms with Crippen LogP contribution < -0.4 is 4.52 Å². The second-order valence-corrected chi connectivity index (χ2v) is 7.94. The molecule has 0 bridgehead atoms. The molecule has 1 atom stereocenters. The summed E-state index contributed by atoms with van der Waals surface area (Å²) in [6, 6.07) is 1.26. The fraction of sp³-hybridized carbons (Fsp3) is 0.167. The topological polar surface area (TPSA) is 31.4 Å². The van der Waals surface area contributed by atoms with Gasteiger partial charge in [0.25, 0.3) is 0 Å². The minimum atomic E-state index is -3.60. The molecule has 0 spiro atoms. The van der Waals surface area contributed by atoms with Gasteiger partial charge in [0.15, 0.2) is 5.15 Å². The molecule has 1 aromatic rings. The monoisotopic (exact) mass is 328 g/mol. The third kappa shape index (κ3) is 3.90. The first-order valence-electron chi connectivity index (χ1n) is 4.72. The van der Waals surface area contributed by atoms with Gasteiger partial charge in [-0.15, -0.1) is 0 Å². The second-order valence-electron chi connectivity index (χ2n) is 2.16. The number of hydrogen-bond donors (Lipinski definition) is 0. The predicted molar refractivity (Wildman–Crippen MR) is 67.0 cm³/mol. The van der Waals surface area contributed by atoms with E-state index in [9.17, 15) is 0 Å². The molecule has 0 saturated heterocycles. The van der Waals surface area contributed by atoms with Crippen molar-refractivity contribution >= 4 is 63.7 Å². The van der Waals surface area contributed by atoms with Crippen LogP contribution in [0.4, 0.5) is 0 Å². The Bertz CT molecular complexity index is 514. The van der Waals surface area contributed by atoms with E-state index in [0.717, 1.165) is 0 Å². The maximum absolute atomic E-state index is 6.89. The summed E-state index contributed by atoms with van der Waals surface area (Å²) in [5, 5.41) is -0.00124. The van der Waals surface area contributed by atoms with Crippen molar-refractivity contribution in [3.63, 3.8) is 0 Å². The van der Waals surface area contributed by atoms with E-state index in [1.807, 2.05) is 0 Å². The zero-order valence-corrected chi connectivity index (χ0v) is 11.4. The second kappa shape index (κ2) is 5.37. The molecule has 1 aromatic heterocycles. The van der Waals surface area contributed by atoms with Crippen LogP contribution in [0.1, 0.15) is 4.11 Å². The normalized spacial score (nSPS) is 18.5. The first-order chi connectivity index (χ1) is 8.00. The van der Waals surface area contributed by atoms with Crippen LogP contribution in [0.2, 0.25) is 15.2 Å². The van der Waals surface area contributed by atoms with Crippen LogP contribution in [0, 0.1) is 0 Å². The van der Waals surface area contributed by atoms with Crippen LogP contribution in [0.3, 0.4) is 0 Å². The highest BCUT2D eigenvalue weighted by Crippen LogP contribution is 2.53. The Morgan fingerprint density at radius 3 is 2.73 bits per heavy atom. The summed E-state index contributed by atoms with van der Waals surface area (Å²) < 4.78 is 30.1. The molecule has 0 amide bonds. The number of hydrogen-bond acceptors (Lipinski definition) is 4. The lowest BCUT2D eigenvalue weighted by molar-refractivity contribution is 0.403. The molecule has 1 rings (SSSR count). The maximum atomic E-state index is 6.89. The molecule has 3 nitrogen and oxygen atoms in total. The van der Waals surface area contributed by atoms with E-state index >= 15 is 0 Å². The molecule has 1 unspecified atom stereocenters. The van der Waals surface area contributed by atoms with Gasteiger partial charge in [0.2, 0.25) is 5.88 Å². The minimum Gasteiger partial charge on any atom is -0.413 e. The minimum absolute atomic E-state index is 0.0200. The van der Waals surface area contributed by atoms with Crippen LogP contribution in [0.25, 0.3) is 0 Å². The van der Waals surface area contributed by atoms with E-state index in [1.165, 1.54) is 6.07 Å². The van der Waals surface area contributed by atoms with Crippen molar-refractivity contribution in [1.29, 1.82) is 0 Å². The molecule has 0 aromatic carbocycles. The number of aromatic nitrogens is 1. The van der Waals surface area contributed by atoms with Gasteiger partial charge in [-0.25, -0.2) is 0 Å². The average Bonchev–Trinajstić information content (AvgIpc) is 2.09. The summed E-state index contributed by atoms with van der Waals surface area (Å²) >= 11 is 27.4. The van der Waals surface area contributed by atoms with Gasteiger partial charge >= 0.3 is 5.84 Å². The molecular weight excluding hydrogens is 323 g/mol.